The minimum Gasteiger partial charge on any atom is -0.355 e. The number of rotatable bonds is 2. The molecule has 0 radical (unpaired) electrons. The van der Waals surface area contributed by atoms with E-state index in [0.29, 0.717) is 0 Å². The van der Waals surface area contributed by atoms with Crippen LogP contribution in [0.4, 0.5) is 10.9 Å². The van der Waals surface area contributed by atoms with E-state index in [1.54, 1.807) is 23.7 Å². The summed E-state index contributed by atoms with van der Waals surface area (Å²) < 4.78 is 0. The second kappa shape index (κ2) is 5.01. The lowest BCUT2D eigenvalue weighted by Crippen LogP contribution is -2.40. The number of thiazole rings is 1. The molecule has 0 aliphatic carbocycles. The quantitative estimate of drug-likeness (QED) is 0.844. The van der Waals surface area contributed by atoms with Crippen LogP contribution in [0.15, 0.2) is 30.2 Å². The topological polar surface area (TPSA) is 45.2 Å². The summed E-state index contributed by atoms with van der Waals surface area (Å²) in [6.07, 6.45) is 8.51. The van der Waals surface area contributed by atoms with Crippen LogP contribution in [0.2, 0.25) is 0 Å². The molecule has 2 atom stereocenters. The number of piperidine rings is 1. The van der Waals surface area contributed by atoms with Crippen molar-refractivity contribution in [1.82, 2.24) is 15.0 Å². The van der Waals surface area contributed by atoms with Crippen molar-refractivity contribution in [3.8, 4) is 0 Å². The van der Waals surface area contributed by atoms with E-state index in [0.717, 1.165) is 43.8 Å². The Bertz CT molecular complexity index is 558. The van der Waals surface area contributed by atoms with E-state index in [4.69, 9.17) is 0 Å². The third-order valence-electron chi connectivity index (χ3n) is 4.36. The molecular formula is C14H17N5S. The number of anilines is 2. The average Bonchev–Trinajstić information content (AvgIpc) is 3.16. The van der Waals surface area contributed by atoms with Crippen LogP contribution in [-0.4, -0.2) is 41.1 Å². The van der Waals surface area contributed by atoms with Crippen LogP contribution in [0.5, 0.6) is 0 Å². The van der Waals surface area contributed by atoms with Crippen LogP contribution >= 0.6 is 11.3 Å². The highest BCUT2D eigenvalue weighted by Crippen LogP contribution is 2.35. The molecule has 0 aromatic carbocycles. The smallest absolute Gasteiger partial charge is 0.185 e. The van der Waals surface area contributed by atoms with Crippen molar-refractivity contribution in [1.29, 1.82) is 0 Å². The standard InChI is InChI=1S/C14H17N5S/c1-5-18(13-7-15-2-3-16-13)9-12-10-19(8-11(1)12)14-17-4-6-20-14/h2-4,6-7,11-12H,1,5,8-10H2/t11-,12+/m0/s1. The maximum atomic E-state index is 4.44. The van der Waals surface area contributed by atoms with Crippen LogP contribution in [0, 0.1) is 11.8 Å². The SMILES string of the molecule is c1cnc(N2CC[C@H]3CN(c4nccs4)C[C@H]3C2)cn1. The first kappa shape index (κ1) is 12.1. The number of fused-ring (bicyclic) bond motifs is 1. The summed E-state index contributed by atoms with van der Waals surface area (Å²) in [7, 11) is 0. The Labute approximate surface area is 122 Å². The van der Waals surface area contributed by atoms with Crippen molar-refractivity contribution in [2.75, 3.05) is 36.0 Å². The van der Waals surface area contributed by atoms with Crippen molar-refractivity contribution in [3.05, 3.63) is 30.2 Å². The third-order valence-corrected chi connectivity index (χ3v) is 5.20. The van der Waals surface area contributed by atoms with Gasteiger partial charge in [0.2, 0.25) is 0 Å². The van der Waals surface area contributed by atoms with E-state index in [2.05, 4.69) is 30.1 Å². The van der Waals surface area contributed by atoms with Gasteiger partial charge in [-0.1, -0.05) is 0 Å². The second-order valence-corrected chi connectivity index (χ2v) is 6.41. The Morgan fingerprint density at radius 1 is 1.00 bits per heavy atom. The Balaban J connectivity index is 1.47. The van der Waals surface area contributed by atoms with Gasteiger partial charge in [-0.15, -0.1) is 11.3 Å². The summed E-state index contributed by atoms with van der Waals surface area (Å²) in [4.78, 5) is 17.9. The molecule has 2 aliphatic rings. The molecule has 2 fully saturated rings. The summed E-state index contributed by atoms with van der Waals surface area (Å²) in [5.74, 6) is 2.53. The summed E-state index contributed by atoms with van der Waals surface area (Å²) >= 11 is 1.74. The molecule has 2 saturated heterocycles. The molecule has 0 N–H and O–H groups in total. The number of hydrogen-bond donors (Lipinski definition) is 0. The lowest BCUT2D eigenvalue weighted by Gasteiger charge is -2.34. The van der Waals surface area contributed by atoms with E-state index in [1.165, 1.54) is 11.6 Å². The molecule has 0 bridgehead atoms. The second-order valence-electron chi connectivity index (χ2n) is 5.54. The van der Waals surface area contributed by atoms with Gasteiger partial charge in [-0.2, -0.15) is 0 Å². The molecule has 5 nitrogen and oxygen atoms in total. The molecule has 0 unspecified atom stereocenters. The highest BCUT2D eigenvalue weighted by atomic mass is 32.1. The first-order valence-corrected chi connectivity index (χ1v) is 7.93. The third kappa shape index (κ3) is 2.14. The van der Waals surface area contributed by atoms with Gasteiger partial charge in [0.05, 0.1) is 6.20 Å². The first-order valence-electron chi connectivity index (χ1n) is 7.05. The predicted octanol–water partition coefficient (Wildman–Crippen LogP) is 1.90. The number of nitrogens with zero attached hydrogens (tertiary/aromatic N) is 5. The Kier molecular flexibility index (Phi) is 3.03. The van der Waals surface area contributed by atoms with Crippen molar-refractivity contribution in [2.24, 2.45) is 11.8 Å². The summed E-state index contributed by atoms with van der Waals surface area (Å²) in [6, 6.07) is 0. The monoisotopic (exact) mass is 287 g/mol. The van der Waals surface area contributed by atoms with Crippen LogP contribution in [-0.2, 0) is 0 Å². The Morgan fingerprint density at radius 2 is 1.90 bits per heavy atom. The van der Waals surface area contributed by atoms with Crippen LogP contribution in [0.25, 0.3) is 0 Å². The molecule has 104 valence electrons. The largest absolute Gasteiger partial charge is 0.355 e. The predicted molar refractivity (Wildman–Crippen MR) is 80.2 cm³/mol. The molecule has 4 rings (SSSR count). The molecule has 2 aromatic heterocycles. The van der Waals surface area contributed by atoms with Crippen LogP contribution in [0.3, 0.4) is 0 Å². The minimum atomic E-state index is 0.717. The highest BCUT2D eigenvalue weighted by molar-refractivity contribution is 7.13. The number of hydrogen-bond acceptors (Lipinski definition) is 6. The van der Waals surface area contributed by atoms with Gasteiger partial charge in [-0.05, 0) is 18.3 Å². The normalized spacial score (nSPS) is 25.8. The van der Waals surface area contributed by atoms with E-state index in [-0.39, 0.29) is 0 Å². The molecule has 0 amide bonds. The zero-order valence-corrected chi connectivity index (χ0v) is 12.0. The zero-order chi connectivity index (χ0) is 13.4. The van der Waals surface area contributed by atoms with Crippen molar-refractivity contribution in [3.63, 3.8) is 0 Å². The maximum Gasteiger partial charge on any atom is 0.185 e. The Morgan fingerprint density at radius 3 is 2.70 bits per heavy atom. The van der Waals surface area contributed by atoms with Gasteiger partial charge >= 0.3 is 0 Å². The van der Waals surface area contributed by atoms with E-state index < -0.39 is 0 Å². The van der Waals surface area contributed by atoms with E-state index in [9.17, 15) is 0 Å². The number of aromatic nitrogens is 3. The fourth-order valence-corrected chi connectivity index (χ4v) is 4.02. The molecule has 0 spiro atoms. The van der Waals surface area contributed by atoms with Crippen LogP contribution in [0.1, 0.15) is 6.42 Å². The van der Waals surface area contributed by atoms with Gasteiger partial charge in [0.25, 0.3) is 0 Å². The molecule has 20 heavy (non-hydrogen) atoms. The average molecular weight is 287 g/mol. The summed E-state index contributed by atoms with van der Waals surface area (Å²) in [5.41, 5.74) is 0. The van der Waals surface area contributed by atoms with Crippen molar-refractivity contribution < 1.29 is 0 Å². The molecule has 4 heterocycles. The Hall–Kier alpha value is -1.69. The molecular weight excluding hydrogens is 270 g/mol. The van der Waals surface area contributed by atoms with Gasteiger partial charge < -0.3 is 9.80 Å². The van der Waals surface area contributed by atoms with E-state index >= 15 is 0 Å². The molecule has 6 heteroatoms. The summed E-state index contributed by atoms with van der Waals surface area (Å²) in [6.45, 7) is 4.46. The van der Waals surface area contributed by atoms with E-state index in [1.807, 2.05) is 12.4 Å². The zero-order valence-electron chi connectivity index (χ0n) is 11.2. The van der Waals surface area contributed by atoms with Gasteiger partial charge in [-0.25, -0.2) is 9.97 Å². The van der Waals surface area contributed by atoms with Crippen molar-refractivity contribution >= 4 is 22.3 Å². The lowest BCUT2D eigenvalue weighted by molar-refractivity contribution is 0.347. The molecule has 2 aliphatic heterocycles. The van der Waals surface area contributed by atoms with Gasteiger partial charge in [0.15, 0.2) is 5.13 Å². The van der Waals surface area contributed by atoms with Gasteiger partial charge in [0, 0.05) is 50.1 Å². The van der Waals surface area contributed by atoms with Crippen molar-refractivity contribution in [2.45, 2.75) is 6.42 Å². The lowest BCUT2D eigenvalue weighted by atomic mass is 9.89. The first-order chi connectivity index (χ1) is 9.90. The minimum absolute atomic E-state index is 0.717. The fourth-order valence-electron chi connectivity index (χ4n) is 3.36. The molecule has 2 aromatic rings. The summed E-state index contributed by atoms with van der Waals surface area (Å²) in [5, 5.41) is 3.23. The fraction of sp³-hybridized carbons (Fsp3) is 0.500. The molecule has 0 saturated carbocycles. The maximum absolute atomic E-state index is 4.44. The highest BCUT2D eigenvalue weighted by Gasteiger charge is 2.38. The van der Waals surface area contributed by atoms with Gasteiger partial charge in [0.1, 0.15) is 5.82 Å². The van der Waals surface area contributed by atoms with Gasteiger partial charge in [-0.3, -0.25) is 4.98 Å². The van der Waals surface area contributed by atoms with Crippen LogP contribution < -0.4 is 9.80 Å².